The van der Waals surface area contributed by atoms with E-state index in [9.17, 15) is 26.4 Å². The molecule has 0 spiro atoms. The first-order valence-electron chi connectivity index (χ1n) is 9.04. The quantitative estimate of drug-likeness (QED) is 0.418. The van der Waals surface area contributed by atoms with Gasteiger partial charge in [-0.05, 0) is 74.5 Å². The Balaban J connectivity index is 1.83. The van der Waals surface area contributed by atoms with E-state index in [1.807, 2.05) is 0 Å². The van der Waals surface area contributed by atoms with E-state index in [1.54, 1.807) is 0 Å². The predicted molar refractivity (Wildman–Crippen MR) is 103 cm³/mol. The first-order chi connectivity index (χ1) is 14.1. The number of sulfone groups is 1. The minimum absolute atomic E-state index is 0.00722. The van der Waals surface area contributed by atoms with Crippen LogP contribution in [0.3, 0.4) is 0 Å². The average molecular weight is 443 g/mol. The van der Waals surface area contributed by atoms with Crippen molar-refractivity contribution < 1.29 is 31.6 Å². The minimum atomic E-state index is -4.43. The average Bonchev–Trinajstić information content (AvgIpc) is 2.73. The largest absolute Gasteiger partial charge is 0.416 e. The molecule has 1 saturated heterocycles. The summed E-state index contributed by atoms with van der Waals surface area (Å²) in [6, 6.07) is 9.95. The normalized spacial score (nSPS) is 16.7. The van der Waals surface area contributed by atoms with Crippen LogP contribution in [-0.4, -0.2) is 37.4 Å². The maximum atomic E-state index is 13.2. The predicted octanol–water partition coefficient (Wildman–Crippen LogP) is 2.85. The number of amides is 1. The molecule has 0 aromatic heterocycles. The molecule has 0 aliphatic carbocycles. The van der Waals surface area contributed by atoms with Crippen molar-refractivity contribution in [1.82, 2.24) is 10.8 Å². The van der Waals surface area contributed by atoms with Gasteiger partial charge in [0, 0.05) is 11.4 Å². The van der Waals surface area contributed by atoms with Gasteiger partial charge in [-0.15, -0.1) is 0 Å². The molecule has 0 saturated carbocycles. The van der Waals surface area contributed by atoms with Gasteiger partial charge in [0.05, 0.1) is 10.5 Å². The molecule has 0 unspecified atom stereocenters. The van der Waals surface area contributed by atoms with Gasteiger partial charge >= 0.3 is 6.18 Å². The van der Waals surface area contributed by atoms with Gasteiger partial charge in [-0.1, -0.05) is 0 Å². The van der Waals surface area contributed by atoms with Crippen molar-refractivity contribution in [2.45, 2.75) is 28.7 Å². The highest BCUT2D eigenvalue weighted by Crippen LogP contribution is 2.35. The second kappa shape index (κ2) is 8.25. The van der Waals surface area contributed by atoms with Gasteiger partial charge in [0.2, 0.25) is 0 Å². The molecule has 3 rings (SSSR count). The van der Waals surface area contributed by atoms with E-state index in [4.69, 9.17) is 5.21 Å². The summed E-state index contributed by atoms with van der Waals surface area (Å²) in [5.74, 6) is -0.976. The molecule has 1 heterocycles. The van der Waals surface area contributed by atoms with Crippen LogP contribution in [0.2, 0.25) is 0 Å². The number of anilines is 2. The first-order valence-corrected chi connectivity index (χ1v) is 10.5. The number of hydrogen-bond acceptors (Lipinski definition) is 6. The topological polar surface area (TPSA) is 108 Å². The third-order valence-electron chi connectivity index (χ3n) is 5.11. The van der Waals surface area contributed by atoms with Gasteiger partial charge in [-0.3, -0.25) is 10.0 Å². The molecule has 1 aliphatic rings. The van der Waals surface area contributed by atoms with Crippen LogP contribution in [0, 0.1) is 0 Å². The van der Waals surface area contributed by atoms with Crippen molar-refractivity contribution in [3.05, 3.63) is 54.1 Å². The molecule has 2 aromatic carbocycles. The highest BCUT2D eigenvalue weighted by Gasteiger charge is 2.51. The fraction of sp³-hybridized carbons (Fsp3) is 0.316. The van der Waals surface area contributed by atoms with Gasteiger partial charge in [0.15, 0.2) is 14.6 Å². The van der Waals surface area contributed by atoms with Gasteiger partial charge in [0.1, 0.15) is 0 Å². The van der Waals surface area contributed by atoms with Crippen LogP contribution in [0.5, 0.6) is 0 Å². The van der Waals surface area contributed by atoms with Crippen LogP contribution in [0.1, 0.15) is 18.4 Å². The molecular weight excluding hydrogens is 423 g/mol. The Bertz CT molecular complexity index is 1000. The van der Waals surface area contributed by atoms with E-state index in [2.05, 4.69) is 10.6 Å². The Morgan fingerprint density at radius 1 is 0.967 bits per heavy atom. The number of carbonyl (C=O) groups is 1. The lowest BCUT2D eigenvalue weighted by atomic mass is 9.96. The number of halogens is 3. The molecule has 30 heavy (non-hydrogen) atoms. The van der Waals surface area contributed by atoms with Crippen molar-refractivity contribution in [1.29, 1.82) is 0 Å². The summed E-state index contributed by atoms with van der Waals surface area (Å²) in [7, 11) is -4.11. The molecule has 1 aliphatic heterocycles. The van der Waals surface area contributed by atoms with E-state index >= 15 is 0 Å². The second-order valence-electron chi connectivity index (χ2n) is 6.91. The Kier molecular flexibility index (Phi) is 6.06. The Labute approximate surface area is 171 Å². The lowest BCUT2D eigenvalue weighted by Crippen LogP contribution is -2.57. The van der Waals surface area contributed by atoms with Crippen molar-refractivity contribution in [2.75, 3.05) is 18.4 Å². The summed E-state index contributed by atoms with van der Waals surface area (Å²) >= 11 is 0. The maximum Gasteiger partial charge on any atom is 0.416 e. The monoisotopic (exact) mass is 443 g/mol. The van der Waals surface area contributed by atoms with Crippen molar-refractivity contribution in [3.8, 4) is 0 Å². The van der Waals surface area contributed by atoms with Gasteiger partial charge in [-0.25, -0.2) is 13.9 Å². The number of benzene rings is 2. The van der Waals surface area contributed by atoms with E-state index in [0.29, 0.717) is 24.5 Å². The van der Waals surface area contributed by atoms with Gasteiger partial charge in [0.25, 0.3) is 5.91 Å². The molecule has 162 valence electrons. The molecule has 7 nitrogen and oxygen atoms in total. The lowest BCUT2D eigenvalue weighted by Gasteiger charge is -2.34. The molecule has 11 heteroatoms. The summed E-state index contributed by atoms with van der Waals surface area (Å²) in [6.07, 6.45) is -4.42. The van der Waals surface area contributed by atoms with E-state index in [1.165, 1.54) is 41.9 Å². The Morgan fingerprint density at radius 3 is 1.93 bits per heavy atom. The van der Waals surface area contributed by atoms with Gasteiger partial charge < -0.3 is 10.6 Å². The number of alkyl halides is 3. The van der Waals surface area contributed by atoms with Crippen LogP contribution in [-0.2, 0) is 20.8 Å². The number of nitrogens with one attached hydrogen (secondary N) is 3. The van der Waals surface area contributed by atoms with E-state index in [0.717, 1.165) is 12.1 Å². The Hall–Kier alpha value is -2.63. The smallest absolute Gasteiger partial charge is 0.356 e. The van der Waals surface area contributed by atoms with Crippen LogP contribution >= 0.6 is 0 Å². The highest BCUT2D eigenvalue weighted by molar-refractivity contribution is 7.93. The zero-order chi connectivity index (χ0) is 22.0. The number of rotatable bonds is 5. The number of hydrogen-bond donors (Lipinski definition) is 4. The Morgan fingerprint density at radius 2 is 1.47 bits per heavy atom. The third kappa shape index (κ3) is 4.13. The zero-order valence-electron chi connectivity index (χ0n) is 15.7. The third-order valence-corrected chi connectivity index (χ3v) is 7.62. The van der Waals surface area contributed by atoms with E-state index < -0.39 is 32.2 Å². The van der Waals surface area contributed by atoms with Crippen molar-refractivity contribution >= 4 is 27.1 Å². The lowest BCUT2D eigenvalue weighted by molar-refractivity contribution is -0.137. The molecule has 4 N–H and O–H groups in total. The summed E-state index contributed by atoms with van der Waals surface area (Å²) in [5, 5.41) is 15.0. The van der Waals surface area contributed by atoms with Crippen molar-refractivity contribution in [2.24, 2.45) is 0 Å². The fourth-order valence-corrected chi connectivity index (χ4v) is 5.38. The van der Waals surface area contributed by atoms with Crippen LogP contribution < -0.4 is 16.1 Å². The zero-order valence-corrected chi connectivity index (χ0v) is 16.5. The van der Waals surface area contributed by atoms with Crippen LogP contribution in [0.4, 0.5) is 24.5 Å². The van der Waals surface area contributed by atoms with E-state index in [-0.39, 0.29) is 17.7 Å². The standard InChI is InChI=1S/C19H20F3N3O4S/c20-19(21,22)13-1-3-14(4-2-13)24-15-5-7-16(8-6-15)30(28,29)18(17(26)25-27)9-11-23-12-10-18/h1-8,23-24,27H,9-12H2,(H,25,26). The maximum absolute atomic E-state index is 13.2. The molecule has 0 radical (unpaired) electrons. The molecule has 1 fully saturated rings. The summed E-state index contributed by atoms with van der Waals surface area (Å²) in [4.78, 5) is 12.2. The summed E-state index contributed by atoms with van der Waals surface area (Å²) in [5.41, 5.74) is 1.55. The molecule has 0 atom stereocenters. The summed E-state index contributed by atoms with van der Waals surface area (Å²) in [6.45, 7) is 0.612. The molecule has 2 aromatic rings. The first kappa shape index (κ1) is 22.1. The summed E-state index contributed by atoms with van der Waals surface area (Å²) < 4.78 is 62.5. The minimum Gasteiger partial charge on any atom is -0.356 e. The highest BCUT2D eigenvalue weighted by atomic mass is 32.2. The molecule has 1 amide bonds. The molecular formula is C19H20F3N3O4S. The van der Waals surface area contributed by atoms with Crippen LogP contribution in [0.25, 0.3) is 0 Å². The molecule has 0 bridgehead atoms. The number of hydroxylamine groups is 1. The van der Waals surface area contributed by atoms with Crippen LogP contribution in [0.15, 0.2) is 53.4 Å². The second-order valence-corrected chi connectivity index (χ2v) is 9.17. The van der Waals surface area contributed by atoms with Crippen molar-refractivity contribution in [3.63, 3.8) is 0 Å². The SMILES string of the molecule is O=C(NO)C1(S(=O)(=O)c2ccc(Nc3ccc(C(F)(F)F)cc3)cc2)CCNCC1. The number of piperidine rings is 1. The number of carbonyl (C=O) groups excluding carboxylic acids is 1. The van der Waals surface area contributed by atoms with Gasteiger partial charge in [-0.2, -0.15) is 13.2 Å². The fourth-order valence-electron chi connectivity index (χ4n) is 3.40.